The molecule has 1 heterocycles. The second kappa shape index (κ2) is 12.3. The van der Waals surface area contributed by atoms with Gasteiger partial charge in [-0.15, -0.1) is 24.0 Å². The summed E-state index contributed by atoms with van der Waals surface area (Å²) in [4.78, 5) is 15.3. The van der Waals surface area contributed by atoms with Crippen LogP contribution in [0.2, 0.25) is 0 Å². The highest BCUT2D eigenvalue weighted by molar-refractivity contribution is 14.0. The monoisotopic (exact) mass is 424 g/mol. The average Bonchev–Trinajstić information content (AvgIpc) is 2.93. The van der Waals surface area contributed by atoms with E-state index in [0.717, 1.165) is 32.7 Å². The van der Waals surface area contributed by atoms with Crippen molar-refractivity contribution in [2.24, 2.45) is 10.7 Å². The molecule has 126 valence electrons. The van der Waals surface area contributed by atoms with Crippen LogP contribution in [0.4, 0.5) is 0 Å². The maximum absolute atomic E-state index is 10.9. The zero-order chi connectivity index (χ0) is 15.5. The lowest BCUT2D eigenvalue weighted by Crippen LogP contribution is -2.38. The molecule has 0 spiro atoms. The van der Waals surface area contributed by atoms with E-state index in [-0.39, 0.29) is 29.7 Å². The van der Waals surface area contributed by atoms with Gasteiger partial charge in [-0.25, -0.2) is 4.99 Å². The highest BCUT2D eigenvalue weighted by Crippen LogP contribution is 2.08. The van der Waals surface area contributed by atoms with Gasteiger partial charge >= 0.3 is 0 Å². The smallest absolute Gasteiger partial charge is 0.284 e. The van der Waals surface area contributed by atoms with Crippen molar-refractivity contribution >= 4 is 35.8 Å². The second-order valence-corrected chi connectivity index (χ2v) is 4.30. The number of rotatable bonds is 9. The average molecular weight is 424 g/mol. The first-order chi connectivity index (χ1) is 10.2. The predicted molar refractivity (Wildman–Crippen MR) is 96.6 cm³/mol. The van der Waals surface area contributed by atoms with Gasteiger partial charge in [0, 0.05) is 26.3 Å². The largest absolute Gasteiger partial charge is 0.454 e. The summed E-state index contributed by atoms with van der Waals surface area (Å²) in [6, 6.07) is 3.25. The van der Waals surface area contributed by atoms with E-state index in [4.69, 9.17) is 14.9 Å². The van der Waals surface area contributed by atoms with Crippen LogP contribution >= 0.6 is 24.0 Å². The lowest BCUT2D eigenvalue weighted by Gasteiger charge is -2.10. The summed E-state index contributed by atoms with van der Waals surface area (Å²) in [5.74, 6) is 0.863. The number of carbonyl (C=O) groups is 1. The molecular formula is C14H25IN4O3. The van der Waals surface area contributed by atoms with Gasteiger partial charge < -0.3 is 25.5 Å². The minimum Gasteiger partial charge on any atom is -0.454 e. The van der Waals surface area contributed by atoms with Crippen molar-refractivity contribution in [3.63, 3.8) is 0 Å². The Morgan fingerprint density at radius 3 is 2.73 bits per heavy atom. The van der Waals surface area contributed by atoms with Crippen molar-refractivity contribution in [2.75, 3.05) is 26.3 Å². The van der Waals surface area contributed by atoms with Crippen LogP contribution in [-0.4, -0.2) is 38.2 Å². The summed E-state index contributed by atoms with van der Waals surface area (Å²) < 4.78 is 10.5. The molecule has 0 aliphatic carbocycles. The summed E-state index contributed by atoms with van der Waals surface area (Å²) in [6.45, 7) is 7.31. The van der Waals surface area contributed by atoms with Crippen LogP contribution < -0.4 is 16.4 Å². The normalized spacial score (nSPS) is 10.9. The van der Waals surface area contributed by atoms with Gasteiger partial charge in [0.05, 0.1) is 0 Å². The van der Waals surface area contributed by atoms with Crippen LogP contribution in [0, 0.1) is 0 Å². The second-order valence-electron chi connectivity index (χ2n) is 4.30. The van der Waals surface area contributed by atoms with E-state index in [9.17, 15) is 4.79 Å². The Balaban J connectivity index is 0.00000441. The van der Waals surface area contributed by atoms with Crippen LogP contribution in [0.5, 0.6) is 0 Å². The molecule has 0 bridgehead atoms. The van der Waals surface area contributed by atoms with E-state index in [1.807, 2.05) is 13.8 Å². The van der Waals surface area contributed by atoms with Crippen molar-refractivity contribution < 1.29 is 13.9 Å². The van der Waals surface area contributed by atoms with Gasteiger partial charge in [-0.1, -0.05) is 0 Å². The van der Waals surface area contributed by atoms with Crippen molar-refractivity contribution in [2.45, 2.75) is 26.8 Å². The van der Waals surface area contributed by atoms with Gasteiger partial charge in [-0.2, -0.15) is 0 Å². The number of nitrogens with one attached hydrogen (secondary N) is 2. The fourth-order valence-electron chi connectivity index (χ4n) is 1.62. The summed E-state index contributed by atoms with van der Waals surface area (Å²) in [5.41, 5.74) is 5.13. The number of nitrogens with zero attached hydrogens (tertiary/aromatic N) is 1. The maximum atomic E-state index is 10.9. The number of ether oxygens (including phenoxy) is 1. The van der Waals surface area contributed by atoms with Gasteiger partial charge in [0.25, 0.3) is 5.91 Å². The fraction of sp³-hybridized carbons (Fsp3) is 0.571. The first-order valence-corrected chi connectivity index (χ1v) is 7.15. The van der Waals surface area contributed by atoms with Gasteiger partial charge in [0.15, 0.2) is 11.7 Å². The van der Waals surface area contributed by atoms with Gasteiger partial charge in [0.2, 0.25) is 0 Å². The Hall–Kier alpha value is -1.29. The molecule has 0 aromatic carbocycles. The lowest BCUT2D eigenvalue weighted by molar-refractivity contribution is 0.0972. The Morgan fingerprint density at radius 1 is 1.36 bits per heavy atom. The molecule has 4 N–H and O–H groups in total. The number of furan rings is 1. The molecule has 0 aliphatic heterocycles. The Morgan fingerprint density at radius 2 is 2.14 bits per heavy atom. The zero-order valence-corrected chi connectivity index (χ0v) is 15.4. The van der Waals surface area contributed by atoms with Crippen LogP contribution in [0.3, 0.4) is 0 Å². The highest BCUT2D eigenvalue weighted by Gasteiger charge is 2.06. The van der Waals surface area contributed by atoms with Crippen LogP contribution in [0.25, 0.3) is 0 Å². The topological polar surface area (TPSA) is 102 Å². The number of hydrogen-bond acceptors (Lipinski definition) is 4. The van der Waals surface area contributed by atoms with Crippen LogP contribution in [-0.2, 0) is 11.3 Å². The molecule has 22 heavy (non-hydrogen) atoms. The number of aliphatic imine (C=N–C) groups is 1. The van der Waals surface area contributed by atoms with E-state index < -0.39 is 5.91 Å². The summed E-state index contributed by atoms with van der Waals surface area (Å²) >= 11 is 0. The van der Waals surface area contributed by atoms with E-state index in [1.165, 1.54) is 0 Å². The molecular weight excluding hydrogens is 399 g/mol. The highest BCUT2D eigenvalue weighted by atomic mass is 127. The van der Waals surface area contributed by atoms with Gasteiger partial charge in [-0.3, -0.25) is 4.79 Å². The number of primary amides is 1. The quantitative estimate of drug-likeness (QED) is 0.241. The van der Waals surface area contributed by atoms with E-state index in [1.54, 1.807) is 12.1 Å². The molecule has 8 heteroatoms. The van der Waals surface area contributed by atoms with Crippen molar-refractivity contribution in [1.82, 2.24) is 10.6 Å². The maximum Gasteiger partial charge on any atom is 0.284 e. The van der Waals surface area contributed by atoms with E-state index >= 15 is 0 Å². The minimum absolute atomic E-state index is 0. The molecule has 1 rings (SSSR count). The molecule has 0 radical (unpaired) electrons. The fourth-order valence-corrected chi connectivity index (χ4v) is 1.62. The number of guanidine groups is 1. The van der Waals surface area contributed by atoms with Crippen molar-refractivity contribution in [3.05, 3.63) is 23.7 Å². The Kier molecular flexibility index (Phi) is 11.6. The lowest BCUT2D eigenvalue weighted by atomic mass is 10.4. The third kappa shape index (κ3) is 8.23. The molecule has 1 aromatic rings. The van der Waals surface area contributed by atoms with Gasteiger partial charge in [0.1, 0.15) is 12.3 Å². The molecule has 0 saturated heterocycles. The predicted octanol–water partition coefficient (Wildman–Crippen LogP) is 1.48. The van der Waals surface area contributed by atoms with Crippen LogP contribution in [0.15, 0.2) is 21.5 Å². The van der Waals surface area contributed by atoms with Crippen LogP contribution in [0.1, 0.15) is 36.6 Å². The Labute approximate surface area is 148 Å². The Bertz CT molecular complexity index is 463. The molecule has 0 fully saturated rings. The summed E-state index contributed by atoms with van der Waals surface area (Å²) in [6.07, 6.45) is 0.908. The standard InChI is InChI=1S/C14H24N4O3.HI/c1-3-16-14(17-8-5-9-20-4-2)18-10-11-6-7-12(21-11)13(15)19;/h6-7H,3-5,8-10H2,1-2H3,(H2,15,19)(H2,16,17,18);1H. The van der Waals surface area contributed by atoms with Crippen molar-refractivity contribution in [3.8, 4) is 0 Å². The SMILES string of the molecule is CCNC(=NCc1ccc(C(N)=O)o1)NCCCOCC.I. The number of amides is 1. The molecule has 0 aliphatic rings. The number of hydrogen-bond donors (Lipinski definition) is 3. The van der Waals surface area contributed by atoms with Gasteiger partial charge in [-0.05, 0) is 32.4 Å². The third-order valence-electron chi connectivity index (χ3n) is 2.60. The number of nitrogens with two attached hydrogens (primary N) is 1. The molecule has 0 saturated carbocycles. The molecule has 1 aromatic heterocycles. The summed E-state index contributed by atoms with van der Waals surface area (Å²) in [7, 11) is 0. The minimum atomic E-state index is -0.578. The van der Waals surface area contributed by atoms with E-state index in [2.05, 4.69) is 15.6 Å². The first-order valence-electron chi connectivity index (χ1n) is 7.15. The molecule has 7 nitrogen and oxygen atoms in total. The summed E-state index contributed by atoms with van der Waals surface area (Å²) in [5, 5.41) is 6.34. The molecule has 1 amide bonds. The van der Waals surface area contributed by atoms with E-state index in [0.29, 0.717) is 18.3 Å². The number of halogens is 1. The zero-order valence-electron chi connectivity index (χ0n) is 13.1. The number of carbonyl (C=O) groups excluding carboxylic acids is 1. The van der Waals surface area contributed by atoms with Crippen molar-refractivity contribution in [1.29, 1.82) is 0 Å². The first kappa shape index (κ1) is 20.7. The molecule has 0 unspecified atom stereocenters. The third-order valence-corrected chi connectivity index (χ3v) is 2.60. The molecule has 0 atom stereocenters.